The Balaban J connectivity index is 2.13. The maximum atomic E-state index is 12.2. The summed E-state index contributed by atoms with van der Waals surface area (Å²) in [5.74, 6) is 0.133. The molecule has 1 unspecified atom stereocenters. The maximum absolute atomic E-state index is 12.2. The van der Waals surface area contributed by atoms with Gasteiger partial charge in [0.1, 0.15) is 0 Å². The Morgan fingerprint density at radius 1 is 1.58 bits per heavy atom. The van der Waals surface area contributed by atoms with Crippen molar-refractivity contribution in [1.29, 1.82) is 0 Å². The summed E-state index contributed by atoms with van der Waals surface area (Å²) >= 11 is 6.03. The summed E-state index contributed by atoms with van der Waals surface area (Å²) < 4.78 is 4.98. The Bertz CT molecular complexity index is 439. The van der Waals surface area contributed by atoms with Crippen LogP contribution in [0.25, 0.3) is 0 Å². The largest absolute Gasteiger partial charge is 0.384 e. The second kappa shape index (κ2) is 6.89. The molecular weight excluding hydrogens is 264 g/mol. The van der Waals surface area contributed by atoms with E-state index in [-0.39, 0.29) is 11.9 Å². The number of amides is 1. The van der Waals surface area contributed by atoms with Gasteiger partial charge < -0.3 is 15.0 Å². The molecular formula is C14H19ClN2O2. The molecule has 1 N–H and O–H groups in total. The van der Waals surface area contributed by atoms with Crippen molar-refractivity contribution in [2.24, 2.45) is 0 Å². The summed E-state index contributed by atoms with van der Waals surface area (Å²) in [6.45, 7) is 2.78. The van der Waals surface area contributed by atoms with Crippen LogP contribution in [-0.4, -0.2) is 44.2 Å². The molecule has 19 heavy (non-hydrogen) atoms. The first-order valence-electron chi connectivity index (χ1n) is 6.47. The molecule has 1 aromatic rings. The number of nitrogens with zero attached hydrogens (tertiary/aromatic N) is 1. The lowest BCUT2D eigenvalue weighted by atomic mass is 10.0. The normalized spacial score (nSPS) is 19.5. The standard InChI is InChI=1S/C14H19ClN2O2/c1-19-8-5-14(18)17-7-6-16-10-13(17)11-3-2-4-12(15)9-11/h2-4,9,13,16H,5-8,10H2,1H3. The first-order chi connectivity index (χ1) is 9.22. The molecule has 4 nitrogen and oxygen atoms in total. The number of hydrogen-bond donors (Lipinski definition) is 1. The minimum atomic E-state index is 0.0526. The molecule has 0 spiro atoms. The molecule has 0 saturated carbocycles. The number of benzene rings is 1. The van der Waals surface area contributed by atoms with E-state index in [9.17, 15) is 4.79 Å². The quantitative estimate of drug-likeness (QED) is 0.916. The van der Waals surface area contributed by atoms with Crippen LogP contribution in [0.4, 0.5) is 0 Å². The zero-order valence-corrected chi connectivity index (χ0v) is 11.8. The zero-order valence-electron chi connectivity index (χ0n) is 11.1. The molecule has 1 fully saturated rings. The summed E-state index contributed by atoms with van der Waals surface area (Å²) in [4.78, 5) is 14.1. The van der Waals surface area contributed by atoms with Gasteiger partial charge in [-0.05, 0) is 17.7 Å². The van der Waals surface area contributed by atoms with Crippen molar-refractivity contribution >= 4 is 17.5 Å². The first kappa shape index (κ1) is 14.3. The van der Waals surface area contributed by atoms with Crippen LogP contribution in [0.2, 0.25) is 5.02 Å². The first-order valence-corrected chi connectivity index (χ1v) is 6.84. The van der Waals surface area contributed by atoms with Crippen LogP contribution in [0.5, 0.6) is 0 Å². The van der Waals surface area contributed by atoms with Crippen molar-refractivity contribution in [3.63, 3.8) is 0 Å². The number of piperazine rings is 1. The van der Waals surface area contributed by atoms with Crippen LogP contribution < -0.4 is 5.32 Å². The second-order valence-electron chi connectivity index (χ2n) is 4.60. The van der Waals surface area contributed by atoms with Crippen LogP contribution in [0.15, 0.2) is 24.3 Å². The number of carbonyl (C=O) groups is 1. The highest BCUT2D eigenvalue weighted by Gasteiger charge is 2.27. The molecule has 1 atom stereocenters. The van der Waals surface area contributed by atoms with E-state index in [1.54, 1.807) is 7.11 Å². The van der Waals surface area contributed by atoms with Gasteiger partial charge in [-0.15, -0.1) is 0 Å². The van der Waals surface area contributed by atoms with E-state index in [0.29, 0.717) is 18.1 Å². The van der Waals surface area contributed by atoms with Crippen molar-refractivity contribution in [2.75, 3.05) is 33.4 Å². The van der Waals surface area contributed by atoms with Gasteiger partial charge >= 0.3 is 0 Å². The Hall–Kier alpha value is -1.10. The van der Waals surface area contributed by atoms with Crippen LogP contribution >= 0.6 is 11.6 Å². The van der Waals surface area contributed by atoms with E-state index in [1.165, 1.54) is 0 Å². The molecule has 1 heterocycles. The summed E-state index contributed by atoms with van der Waals surface area (Å²) in [6.07, 6.45) is 0.424. The molecule has 2 rings (SSSR count). The molecule has 1 aromatic carbocycles. The van der Waals surface area contributed by atoms with Crippen LogP contribution in [0.3, 0.4) is 0 Å². The average molecular weight is 283 g/mol. The third-order valence-corrected chi connectivity index (χ3v) is 3.55. The van der Waals surface area contributed by atoms with Gasteiger partial charge in [-0.2, -0.15) is 0 Å². The number of hydrogen-bond acceptors (Lipinski definition) is 3. The van der Waals surface area contributed by atoms with Crippen molar-refractivity contribution in [3.05, 3.63) is 34.9 Å². The van der Waals surface area contributed by atoms with Gasteiger partial charge in [0.25, 0.3) is 0 Å². The van der Waals surface area contributed by atoms with Crippen molar-refractivity contribution in [1.82, 2.24) is 10.2 Å². The Morgan fingerprint density at radius 2 is 2.42 bits per heavy atom. The lowest BCUT2D eigenvalue weighted by Gasteiger charge is -2.36. The highest BCUT2D eigenvalue weighted by molar-refractivity contribution is 6.30. The molecule has 1 aliphatic rings. The zero-order chi connectivity index (χ0) is 13.7. The smallest absolute Gasteiger partial charge is 0.225 e. The Labute approximate surface area is 118 Å². The molecule has 0 aromatic heterocycles. The lowest BCUT2D eigenvalue weighted by Crippen LogP contribution is -2.48. The number of methoxy groups -OCH3 is 1. The lowest BCUT2D eigenvalue weighted by molar-refractivity contribution is -0.135. The van der Waals surface area contributed by atoms with Crippen molar-refractivity contribution in [3.8, 4) is 0 Å². The minimum absolute atomic E-state index is 0.0526. The van der Waals surface area contributed by atoms with Crippen LogP contribution in [0.1, 0.15) is 18.0 Å². The van der Waals surface area contributed by atoms with E-state index in [1.807, 2.05) is 29.2 Å². The van der Waals surface area contributed by atoms with Gasteiger partial charge in [0, 0.05) is 31.8 Å². The Morgan fingerprint density at radius 3 is 3.16 bits per heavy atom. The fourth-order valence-electron chi connectivity index (χ4n) is 2.35. The SMILES string of the molecule is COCCC(=O)N1CCNCC1c1cccc(Cl)c1. The van der Waals surface area contributed by atoms with Crippen LogP contribution in [0, 0.1) is 0 Å². The molecule has 1 saturated heterocycles. The maximum Gasteiger partial charge on any atom is 0.225 e. The van der Waals surface area contributed by atoms with Gasteiger partial charge in [-0.1, -0.05) is 23.7 Å². The third-order valence-electron chi connectivity index (χ3n) is 3.32. The number of carbonyl (C=O) groups excluding carboxylic acids is 1. The molecule has 104 valence electrons. The predicted molar refractivity (Wildman–Crippen MR) is 75.3 cm³/mol. The van der Waals surface area contributed by atoms with E-state index < -0.39 is 0 Å². The highest BCUT2D eigenvalue weighted by atomic mass is 35.5. The van der Waals surface area contributed by atoms with E-state index in [0.717, 1.165) is 25.2 Å². The van der Waals surface area contributed by atoms with E-state index in [2.05, 4.69) is 5.32 Å². The van der Waals surface area contributed by atoms with Gasteiger partial charge in [-0.3, -0.25) is 4.79 Å². The molecule has 0 radical (unpaired) electrons. The molecule has 1 amide bonds. The molecule has 1 aliphatic heterocycles. The average Bonchev–Trinajstić information content (AvgIpc) is 2.45. The number of halogens is 1. The summed E-state index contributed by atoms with van der Waals surface area (Å²) in [5.41, 5.74) is 1.07. The molecule has 5 heteroatoms. The van der Waals surface area contributed by atoms with Crippen LogP contribution in [-0.2, 0) is 9.53 Å². The summed E-state index contributed by atoms with van der Waals surface area (Å²) in [7, 11) is 1.61. The molecule has 0 aliphatic carbocycles. The van der Waals surface area contributed by atoms with Crippen molar-refractivity contribution in [2.45, 2.75) is 12.5 Å². The highest BCUT2D eigenvalue weighted by Crippen LogP contribution is 2.25. The fourth-order valence-corrected chi connectivity index (χ4v) is 2.55. The minimum Gasteiger partial charge on any atom is -0.384 e. The van der Waals surface area contributed by atoms with Crippen molar-refractivity contribution < 1.29 is 9.53 Å². The molecule has 0 bridgehead atoms. The van der Waals surface area contributed by atoms with E-state index in [4.69, 9.17) is 16.3 Å². The third kappa shape index (κ3) is 3.69. The predicted octanol–water partition coefficient (Wildman–Crippen LogP) is 1.85. The van der Waals surface area contributed by atoms with Gasteiger partial charge in [0.05, 0.1) is 19.1 Å². The number of rotatable bonds is 4. The summed E-state index contributed by atoms with van der Waals surface area (Å²) in [5, 5.41) is 4.03. The topological polar surface area (TPSA) is 41.6 Å². The summed E-state index contributed by atoms with van der Waals surface area (Å²) in [6, 6.07) is 7.76. The fraction of sp³-hybridized carbons (Fsp3) is 0.500. The second-order valence-corrected chi connectivity index (χ2v) is 5.04. The monoisotopic (exact) mass is 282 g/mol. The van der Waals surface area contributed by atoms with Gasteiger partial charge in [0.15, 0.2) is 0 Å². The number of ether oxygens (including phenoxy) is 1. The van der Waals surface area contributed by atoms with E-state index >= 15 is 0 Å². The number of nitrogens with one attached hydrogen (secondary N) is 1. The Kier molecular flexibility index (Phi) is 5.19. The van der Waals surface area contributed by atoms with Gasteiger partial charge in [0.2, 0.25) is 5.91 Å². The van der Waals surface area contributed by atoms with Gasteiger partial charge in [-0.25, -0.2) is 0 Å².